The minimum Gasteiger partial charge on any atom is -0.495 e. The topological polar surface area (TPSA) is 71.4 Å². The predicted octanol–water partition coefficient (Wildman–Crippen LogP) is 4.65. The van der Waals surface area contributed by atoms with Crippen molar-refractivity contribution in [3.05, 3.63) is 78.4 Å². The lowest BCUT2D eigenvalue weighted by Gasteiger charge is -2.27. The molecule has 178 valence electrons. The summed E-state index contributed by atoms with van der Waals surface area (Å²) in [5, 5.41) is 7.01. The van der Waals surface area contributed by atoms with Gasteiger partial charge in [0, 0.05) is 37.1 Å². The van der Waals surface area contributed by atoms with Crippen LogP contribution in [0, 0.1) is 0 Å². The van der Waals surface area contributed by atoms with Crippen molar-refractivity contribution in [1.29, 1.82) is 0 Å². The second-order valence-corrected chi connectivity index (χ2v) is 9.73. The molecular weight excluding hydrogens is 446 g/mol. The van der Waals surface area contributed by atoms with Crippen LogP contribution in [0.5, 0.6) is 5.75 Å². The summed E-state index contributed by atoms with van der Waals surface area (Å²) in [6, 6.07) is 15.2. The van der Waals surface area contributed by atoms with Gasteiger partial charge in [0.25, 0.3) is 0 Å². The molecule has 7 nitrogen and oxygen atoms in total. The summed E-state index contributed by atoms with van der Waals surface area (Å²) >= 11 is 5.72. The Bertz CT molecular complexity index is 1160. The van der Waals surface area contributed by atoms with E-state index < -0.39 is 0 Å². The zero-order valence-corrected chi connectivity index (χ0v) is 20.8. The Hall–Kier alpha value is -3.39. The number of nitrogens with zero attached hydrogens (tertiary/aromatic N) is 3. The number of methoxy groups -OCH3 is 1. The van der Waals surface area contributed by atoms with Gasteiger partial charge in [-0.3, -0.25) is 9.78 Å². The Labute approximate surface area is 206 Å². The van der Waals surface area contributed by atoms with Crippen LogP contribution in [-0.2, 0) is 10.3 Å². The maximum atomic E-state index is 12.8. The quantitative estimate of drug-likeness (QED) is 0.483. The van der Waals surface area contributed by atoms with Gasteiger partial charge in [-0.05, 0) is 68.9 Å². The van der Waals surface area contributed by atoms with E-state index in [4.69, 9.17) is 17.0 Å². The number of hydrogen-bond acceptors (Lipinski definition) is 4. The van der Waals surface area contributed by atoms with Gasteiger partial charge < -0.3 is 24.8 Å². The second-order valence-electron chi connectivity index (χ2n) is 9.34. The van der Waals surface area contributed by atoms with Gasteiger partial charge in [0.2, 0.25) is 5.91 Å². The van der Waals surface area contributed by atoms with E-state index in [1.165, 1.54) is 0 Å². The van der Waals surface area contributed by atoms with Crippen LogP contribution in [0.15, 0.2) is 67.1 Å². The number of carbonyl (C=O) groups is 1. The van der Waals surface area contributed by atoms with Crippen LogP contribution in [0.2, 0.25) is 0 Å². The molecule has 1 saturated heterocycles. The van der Waals surface area contributed by atoms with Crippen molar-refractivity contribution in [2.24, 2.45) is 0 Å². The van der Waals surface area contributed by atoms with Crippen LogP contribution in [0.1, 0.15) is 50.5 Å². The third-order valence-corrected chi connectivity index (χ3v) is 6.34. The SMILES string of the molecule is COc1ccccc1NC(=O)CCN1C(=S)NC(c2ccccn2)C1c1ccn(C(C)(C)C)c1. The number of anilines is 1. The summed E-state index contributed by atoms with van der Waals surface area (Å²) in [5.74, 6) is 0.533. The molecule has 0 spiro atoms. The first-order valence-corrected chi connectivity index (χ1v) is 11.8. The van der Waals surface area contributed by atoms with E-state index in [1.54, 1.807) is 13.3 Å². The highest BCUT2D eigenvalue weighted by Gasteiger charge is 2.40. The van der Waals surface area contributed by atoms with Crippen LogP contribution < -0.4 is 15.4 Å². The molecular formula is C26H31N5O2S. The third-order valence-electron chi connectivity index (χ3n) is 5.99. The van der Waals surface area contributed by atoms with Gasteiger partial charge in [-0.2, -0.15) is 0 Å². The molecule has 1 aromatic carbocycles. The van der Waals surface area contributed by atoms with Crippen molar-refractivity contribution in [2.45, 2.75) is 44.8 Å². The summed E-state index contributed by atoms with van der Waals surface area (Å²) in [5.41, 5.74) is 2.66. The largest absolute Gasteiger partial charge is 0.495 e. The first-order chi connectivity index (χ1) is 16.3. The number of ether oxygens (including phenoxy) is 1. The maximum absolute atomic E-state index is 12.8. The molecule has 8 heteroatoms. The zero-order chi connectivity index (χ0) is 24.3. The number of hydrogen-bond donors (Lipinski definition) is 2. The highest BCUT2D eigenvalue weighted by atomic mass is 32.1. The van der Waals surface area contributed by atoms with Crippen molar-refractivity contribution in [1.82, 2.24) is 19.8 Å². The number of amides is 1. The molecule has 1 amide bonds. The van der Waals surface area contributed by atoms with E-state index in [0.29, 0.717) is 23.1 Å². The fraction of sp³-hybridized carbons (Fsp3) is 0.346. The third kappa shape index (κ3) is 5.07. The average Bonchev–Trinajstić information content (AvgIpc) is 3.43. The molecule has 2 unspecified atom stereocenters. The monoisotopic (exact) mass is 477 g/mol. The zero-order valence-electron chi connectivity index (χ0n) is 20.0. The fourth-order valence-electron chi connectivity index (χ4n) is 4.20. The number of para-hydroxylation sites is 2. The minimum absolute atomic E-state index is 0.0370. The van der Waals surface area contributed by atoms with E-state index >= 15 is 0 Å². The lowest BCUT2D eigenvalue weighted by Crippen LogP contribution is -2.32. The summed E-state index contributed by atoms with van der Waals surface area (Å²) in [6.45, 7) is 6.99. The summed E-state index contributed by atoms with van der Waals surface area (Å²) in [7, 11) is 1.59. The molecule has 34 heavy (non-hydrogen) atoms. The van der Waals surface area contributed by atoms with Gasteiger partial charge in [0.05, 0.1) is 30.6 Å². The van der Waals surface area contributed by atoms with Crippen molar-refractivity contribution >= 4 is 28.9 Å². The molecule has 1 aliphatic heterocycles. The lowest BCUT2D eigenvalue weighted by molar-refractivity contribution is -0.116. The molecule has 3 aromatic rings. The van der Waals surface area contributed by atoms with E-state index in [-0.39, 0.29) is 30.0 Å². The standard InChI is InChI=1S/C26H31N5O2S/c1-26(2,3)30-15-12-18(17-30)24-23(20-10-7-8-14-27-20)29-25(34)31(24)16-13-22(32)28-19-9-5-6-11-21(19)33-4/h5-12,14-15,17,23-24H,13,16H2,1-4H3,(H,28,32)(H,29,34). The Morgan fingerprint density at radius 1 is 1.18 bits per heavy atom. The van der Waals surface area contributed by atoms with E-state index in [9.17, 15) is 4.79 Å². The normalized spacial score (nSPS) is 18.0. The van der Waals surface area contributed by atoms with Gasteiger partial charge in [-0.25, -0.2) is 0 Å². The van der Waals surface area contributed by atoms with E-state index in [1.807, 2.05) is 42.5 Å². The van der Waals surface area contributed by atoms with Crippen LogP contribution in [0.4, 0.5) is 5.69 Å². The number of rotatable bonds is 7. The molecule has 2 N–H and O–H groups in total. The first-order valence-electron chi connectivity index (χ1n) is 11.4. The Morgan fingerprint density at radius 3 is 2.62 bits per heavy atom. The Balaban J connectivity index is 1.56. The summed E-state index contributed by atoms with van der Waals surface area (Å²) < 4.78 is 7.54. The van der Waals surface area contributed by atoms with Gasteiger partial charge >= 0.3 is 0 Å². The fourth-order valence-corrected chi connectivity index (χ4v) is 4.53. The molecule has 4 rings (SSSR count). The molecule has 1 fully saturated rings. The Kier molecular flexibility index (Phi) is 6.88. The van der Waals surface area contributed by atoms with E-state index in [2.05, 4.69) is 64.3 Å². The molecule has 0 radical (unpaired) electrons. The average molecular weight is 478 g/mol. The second kappa shape index (κ2) is 9.85. The summed E-state index contributed by atoms with van der Waals surface area (Å²) in [4.78, 5) is 19.5. The van der Waals surface area contributed by atoms with Gasteiger partial charge in [-0.15, -0.1) is 0 Å². The predicted molar refractivity (Wildman–Crippen MR) is 138 cm³/mol. The van der Waals surface area contributed by atoms with Crippen LogP contribution in [-0.4, -0.2) is 39.1 Å². The smallest absolute Gasteiger partial charge is 0.226 e. The number of nitrogens with one attached hydrogen (secondary N) is 2. The summed E-state index contributed by atoms with van der Waals surface area (Å²) in [6.07, 6.45) is 6.34. The van der Waals surface area contributed by atoms with E-state index in [0.717, 1.165) is 11.3 Å². The van der Waals surface area contributed by atoms with Crippen LogP contribution >= 0.6 is 12.2 Å². The molecule has 0 aliphatic carbocycles. The molecule has 2 atom stereocenters. The van der Waals surface area contributed by atoms with Crippen molar-refractivity contribution in [3.63, 3.8) is 0 Å². The van der Waals surface area contributed by atoms with Crippen molar-refractivity contribution < 1.29 is 9.53 Å². The maximum Gasteiger partial charge on any atom is 0.226 e. The highest BCUT2D eigenvalue weighted by Crippen LogP contribution is 2.39. The number of aromatic nitrogens is 2. The van der Waals surface area contributed by atoms with Crippen LogP contribution in [0.25, 0.3) is 0 Å². The number of thiocarbonyl (C=S) groups is 1. The van der Waals surface area contributed by atoms with Crippen molar-refractivity contribution in [2.75, 3.05) is 19.0 Å². The van der Waals surface area contributed by atoms with Crippen molar-refractivity contribution in [3.8, 4) is 5.75 Å². The molecule has 1 aliphatic rings. The highest BCUT2D eigenvalue weighted by molar-refractivity contribution is 7.80. The number of carbonyl (C=O) groups excluding carboxylic acids is 1. The Morgan fingerprint density at radius 2 is 1.94 bits per heavy atom. The molecule has 0 saturated carbocycles. The molecule has 3 heterocycles. The minimum atomic E-state index is -0.109. The lowest BCUT2D eigenvalue weighted by atomic mass is 9.99. The van der Waals surface area contributed by atoms with Gasteiger partial charge in [0.1, 0.15) is 5.75 Å². The van der Waals surface area contributed by atoms with Gasteiger partial charge in [-0.1, -0.05) is 18.2 Å². The van der Waals surface area contributed by atoms with Crippen LogP contribution in [0.3, 0.4) is 0 Å². The molecule has 2 aromatic heterocycles. The number of pyridine rings is 1. The first kappa shape index (κ1) is 23.8. The number of benzene rings is 1. The molecule has 0 bridgehead atoms. The van der Waals surface area contributed by atoms with Gasteiger partial charge in [0.15, 0.2) is 5.11 Å².